The monoisotopic (exact) mass is 371 g/mol. The molecule has 4 aliphatic carbocycles. The second-order valence-electron chi connectivity index (χ2n) is 8.72. The number of aryl methyl sites for hydroxylation is 1. The lowest BCUT2D eigenvalue weighted by atomic mass is 9.49. The van der Waals surface area contributed by atoms with Gasteiger partial charge in [0.15, 0.2) is 0 Å². The number of carbonyl (C=O) groups is 1. The van der Waals surface area contributed by atoms with E-state index in [9.17, 15) is 4.79 Å². The van der Waals surface area contributed by atoms with E-state index < -0.39 is 0 Å². The van der Waals surface area contributed by atoms with Gasteiger partial charge in [-0.2, -0.15) is 16.3 Å². The first-order valence-electron chi connectivity index (χ1n) is 9.79. The summed E-state index contributed by atoms with van der Waals surface area (Å²) in [7, 11) is 0. The molecule has 4 aliphatic rings. The summed E-state index contributed by atoms with van der Waals surface area (Å²) < 4.78 is 5.28. The van der Waals surface area contributed by atoms with E-state index in [1.165, 1.54) is 38.5 Å². The Morgan fingerprint density at radius 1 is 1.23 bits per heavy atom. The van der Waals surface area contributed by atoms with Gasteiger partial charge in [-0.05, 0) is 73.1 Å². The minimum atomic E-state index is 0.107. The van der Waals surface area contributed by atoms with Crippen LogP contribution in [-0.4, -0.2) is 22.6 Å². The van der Waals surface area contributed by atoms with E-state index in [1.54, 1.807) is 11.3 Å². The topological polar surface area (TPSA) is 68.0 Å². The fraction of sp³-hybridized carbons (Fsp3) is 0.650. The van der Waals surface area contributed by atoms with Crippen LogP contribution in [0.25, 0.3) is 11.4 Å². The zero-order valence-electron chi connectivity index (χ0n) is 14.9. The third-order valence-corrected chi connectivity index (χ3v) is 7.32. The summed E-state index contributed by atoms with van der Waals surface area (Å²) in [6, 6.07) is 1.97. The standard InChI is InChI=1S/C20H25N3O2S/c24-17(1-2-18-22-19(23-25-18)16-3-4-26-11-16)21-12-20-8-13-5-14(9-20)7-15(6-13)10-20/h3-4,11,13-15H,1-2,5-10,12H2,(H,21,24). The van der Waals surface area contributed by atoms with Gasteiger partial charge in [0.2, 0.25) is 17.6 Å². The summed E-state index contributed by atoms with van der Waals surface area (Å²) in [6.07, 6.45) is 9.22. The number of hydrogen-bond acceptors (Lipinski definition) is 5. The van der Waals surface area contributed by atoms with Crippen LogP contribution in [0.5, 0.6) is 0 Å². The molecule has 26 heavy (non-hydrogen) atoms. The van der Waals surface area contributed by atoms with E-state index in [4.69, 9.17) is 4.52 Å². The quantitative estimate of drug-likeness (QED) is 0.831. The van der Waals surface area contributed by atoms with Crippen LogP contribution in [0.4, 0.5) is 0 Å². The van der Waals surface area contributed by atoms with Crippen molar-refractivity contribution in [1.82, 2.24) is 15.5 Å². The Kier molecular flexibility index (Phi) is 4.11. The Morgan fingerprint density at radius 3 is 2.62 bits per heavy atom. The molecule has 1 amide bonds. The molecule has 4 bridgehead atoms. The number of rotatable bonds is 6. The highest BCUT2D eigenvalue weighted by atomic mass is 32.1. The van der Waals surface area contributed by atoms with Crippen molar-refractivity contribution in [2.75, 3.05) is 6.54 Å². The van der Waals surface area contributed by atoms with E-state index in [0.717, 1.165) is 29.9 Å². The molecule has 4 saturated carbocycles. The lowest BCUT2D eigenvalue weighted by molar-refractivity contribution is -0.123. The van der Waals surface area contributed by atoms with Gasteiger partial charge in [0, 0.05) is 30.3 Å². The van der Waals surface area contributed by atoms with E-state index in [1.807, 2.05) is 16.8 Å². The summed E-state index contributed by atoms with van der Waals surface area (Å²) in [5, 5.41) is 11.2. The van der Waals surface area contributed by atoms with Crippen LogP contribution in [0.1, 0.15) is 50.8 Å². The van der Waals surface area contributed by atoms with Gasteiger partial charge in [0.25, 0.3) is 0 Å². The third kappa shape index (κ3) is 3.20. The molecule has 0 unspecified atom stereocenters. The molecule has 2 heterocycles. The first-order chi connectivity index (χ1) is 12.7. The van der Waals surface area contributed by atoms with Crippen molar-refractivity contribution in [3.05, 3.63) is 22.7 Å². The Labute approximate surface area is 157 Å². The van der Waals surface area contributed by atoms with Gasteiger partial charge in [-0.25, -0.2) is 0 Å². The van der Waals surface area contributed by atoms with Crippen LogP contribution < -0.4 is 5.32 Å². The predicted octanol–water partition coefficient (Wildman–Crippen LogP) is 4.06. The molecule has 0 atom stereocenters. The molecule has 0 aromatic carbocycles. The molecule has 0 saturated heterocycles. The first kappa shape index (κ1) is 16.5. The van der Waals surface area contributed by atoms with Crippen molar-refractivity contribution in [3.8, 4) is 11.4 Å². The largest absolute Gasteiger partial charge is 0.356 e. The molecule has 1 N–H and O–H groups in total. The van der Waals surface area contributed by atoms with E-state index in [2.05, 4.69) is 15.5 Å². The van der Waals surface area contributed by atoms with Gasteiger partial charge >= 0.3 is 0 Å². The lowest BCUT2D eigenvalue weighted by Gasteiger charge is -2.56. The summed E-state index contributed by atoms with van der Waals surface area (Å²) in [5.74, 6) is 4.02. The molecule has 2 aromatic rings. The number of carbonyl (C=O) groups excluding carboxylic acids is 1. The molecule has 6 heteroatoms. The fourth-order valence-corrected chi connectivity index (χ4v) is 6.60. The highest BCUT2D eigenvalue weighted by Crippen LogP contribution is 2.59. The summed E-state index contributed by atoms with van der Waals surface area (Å²) >= 11 is 1.61. The maximum absolute atomic E-state index is 12.3. The van der Waals surface area contributed by atoms with Crippen LogP contribution in [-0.2, 0) is 11.2 Å². The van der Waals surface area contributed by atoms with Gasteiger partial charge in [-0.3, -0.25) is 4.79 Å². The van der Waals surface area contributed by atoms with Gasteiger partial charge in [0.05, 0.1) is 0 Å². The minimum Gasteiger partial charge on any atom is -0.356 e. The van der Waals surface area contributed by atoms with Crippen molar-refractivity contribution in [1.29, 1.82) is 0 Å². The number of nitrogens with one attached hydrogen (secondary N) is 1. The molecular formula is C20H25N3O2S. The molecule has 2 aromatic heterocycles. The Morgan fingerprint density at radius 2 is 1.96 bits per heavy atom. The second-order valence-corrected chi connectivity index (χ2v) is 9.50. The molecule has 0 aliphatic heterocycles. The average Bonchev–Trinajstić information content (AvgIpc) is 3.28. The van der Waals surface area contributed by atoms with E-state index >= 15 is 0 Å². The molecule has 138 valence electrons. The van der Waals surface area contributed by atoms with Crippen molar-refractivity contribution >= 4 is 17.2 Å². The van der Waals surface area contributed by atoms with Crippen LogP contribution >= 0.6 is 11.3 Å². The van der Waals surface area contributed by atoms with E-state index in [0.29, 0.717) is 30.0 Å². The van der Waals surface area contributed by atoms with Gasteiger partial charge in [-0.15, -0.1) is 0 Å². The van der Waals surface area contributed by atoms with Crippen molar-refractivity contribution < 1.29 is 9.32 Å². The maximum Gasteiger partial charge on any atom is 0.227 e. The minimum absolute atomic E-state index is 0.107. The fourth-order valence-electron chi connectivity index (χ4n) is 5.97. The summed E-state index contributed by atoms with van der Waals surface area (Å²) in [5.41, 5.74) is 1.36. The van der Waals surface area contributed by atoms with Crippen LogP contribution in [0, 0.1) is 23.2 Å². The number of amides is 1. The predicted molar refractivity (Wildman–Crippen MR) is 99.5 cm³/mol. The van der Waals surface area contributed by atoms with Gasteiger partial charge < -0.3 is 9.84 Å². The molecule has 6 rings (SSSR count). The first-order valence-corrected chi connectivity index (χ1v) is 10.7. The third-order valence-electron chi connectivity index (χ3n) is 6.64. The number of thiophene rings is 1. The number of nitrogens with zero attached hydrogens (tertiary/aromatic N) is 2. The normalized spacial score (nSPS) is 32.1. The van der Waals surface area contributed by atoms with Gasteiger partial charge in [-0.1, -0.05) is 5.16 Å². The zero-order chi connectivity index (χ0) is 17.6. The van der Waals surface area contributed by atoms with Crippen molar-refractivity contribution in [2.24, 2.45) is 23.2 Å². The average molecular weight is 372 g/mol. The molecule has 0 spiro atoms. The SMILES string of the molecule is O=C(CCc1nc(-c2ccsc2)no1)NCC12CC3CC(CC(C3)C1)C2. The smallest absolute Gasteiger partial charge is 0.227 e. The lowest BCUT2D eigenvalue weighted by Crippen LogP contribution is -2.51. The zero-order valence-corrected chi connectivity index (χ0v) is 15.8. The van der Waals surface area contributed by atoms with Crippen LogP contribution in [0.2, 0.25) is 0 Å². The summed E-state index contributed by atoms with van der Waals surface area (Å²) in [6.45, 7) is 0.860. The number of aromatic nitrogens is 2. The van der Waals surface area contributed by atoms with Crippen LogP contribution in [0.15, 0.2) is 21.3 Å². The highest BCUT2D eigenvalue weighted by molar-refractivity contribution is 7.08. The Hall–Kier alpha value is -1.69. The molecule has 4 fully saturated rings. The molecular weight excluding hydrogens is 346 g/mol. The highest BCUT2D eigenvalue weighted by Gasteiger charge is 2.50. The summed E-state index contributed by atoms with van der Waals surface area (Å²) in [4.78, 5) is 16.7. The Bertz CT molecular complexity index is 748. The maximum atomic E-state index is 12.3. The number of hydrogen-bond donors (Lipinski definition) is 1. The van der Waals surface area contributed by atoms with Crippen LogP contribution in [0.3, 0.4) is 0 Å². The Balaban J connectivity index is 1.13. The molecule has 0 radical (unpaired) electrons. The van der Waals surface area contributed by atoms with E-state index in [-0.39, 0.29) is 5.91 Å². The van der Waals surface area contributed by atoms with Crippen molar-refractivity contribution in [3.63, 3.8) is 0 Å². The molecule has 5 nitrogen and oxygen atoms in total. The van der Waals surface area contributed by atoms with Crippen molar-refractivity contribution in [2.45, 2.75) is 51.4 Å². The van der Waals surface area contributed by atoms with Gasteiger partial charge in [0.1, 0.15) is 0 Å². The second kappa shape index (κ2) is 6.48.